The molecule has 20 heavy (non-hydrogen) atoms. The van der Waals surface area contributed by atoms with Crippen LogP contribution in [-0.2, 0) is 0 Å². The van der Waals surface area contributed by atoms with E-state index in [0.29, 0.717) is 5.56 Å². The Kier molecular flexibility index (Phi) is 3.41. The number of hydrogen-bond acceptors (Lipinski definition) is 3. The van der Waals surface area contributed by atoms with Crippen molar-refractivity contribution < 1.29 is 4.79 Å². The Bertz CT molecular complexity index is 597. The number of aromatic amines is 1. The van der Waals surface area contributed by atoms with Crippen LogP contribution in [-0.4, -0.2) is 29.2 Å². The highest BCUT2D eigenvalue weighted by Crippen LogP contribution is 2.22. The number of nitrogens with zero attached hydrogens (tertiary/aromatic N) is 2. The summed E-state index contributed by atoms with van der Waals surface area (Å²) in [7, 11) is 0. The second-order valence-corrected chi connectivity index (χ2v) is 5.10. The van der Waals surface area contributed by atoms with Crippen molar-refractivity contribution in [3.63, 3.8) is 0 Å². The van der Waals surface area contributed by atoms with Gasteiger partial charge in [0.25, 0.3) is 5.91 Å². The van der Waals surface area contributed by atoms with Gasteiger partial charge in [0.1, 0.15) is 0 Å². The monoisotopic (exact) mass is 270 g/mol. The summed E-state index contributed by atoms with van der Waals surface area (Å²) in [6.45, 7) is 4.08. The van der Waals surface area contributed by atoms with Crippen LogP contribution in [0, 0.1) is 6.92 Å². The number of H-pyrrole nitrogens is 1. The number of carbonyl (C=O) groups excluding carboxylic acids is 1. The predicted octanol–water partition coefficient (Wildman–Crippen LogP) is 2.57. The molecule has 0 aliphatic carbocycles. The molecule has 1 aromatic heterocycles. The standard InChI is InChI=1S/C15H18N4O/c1-11-14(10-16-18-11)15(20)17-12-4-6-13(7-5-12)19-8-2-3-9-19/h4-7,10H,2-3,8-9H2,1H3,(H,16,18)(H,17,20). The van der Waals surface area contributed by atoms with Gasteiger partial charge < -0.3 is 10.2 Å². The van der Waals surface area contributed by atoms with E-state index >= 15 is 0 Å². The number of aryl methyl sites for hydroxylation is 1. The third kappa shape index (κ3) is 2.52. The zero-order valence-corrected chi connectivity index (χ0v) is 11.5. The topological polar surface area (TPSA) is 61.0 Å². The molecular formula is C15H18N4O. The fourth-order valence-electron chi connectivity index (χ4n) is 2.51. The van der Waals surface area contributed by atoms with Crippen LogP contribution in [0.3, 0.4) is 0 Å². The Morgan fingerprint density at radius 3 is 2.55 bits per heavy atom. The van der Waals surface area contributed by atoms with Crippen LogP contribution < -0.4 is 10.2 Å². The number of carbonyl (C=O) groups is 1. The molecule has 1 aromatic carbocycles. The lowest BCUT2D eigenvalue weighted by molar-refractivity contribution is 0.102. The summed E-state index contributed by atoms with van der Waals surface area (Å²) in [5.41, 5.74) is 3.38. The SMILES string of the molecule is Cc1[nH]ncc1C(=O)Nc1ccc(N2CCCC2)cc1. The van der Waals surface area contributed by atoms with Gasteiger partial charge in [-0.05, 0) is 44.0 Å². The molecule has 0 radical (unpaired) electrons. The van der Waals surface area contributed by atoms with E-state index in [1.54, 1.807) is 6.20 Å². The van der Waals surface area contributed by atoms with Gasteiger partial charge in [-0.1, -0.05) is 0 Å². The number of amides is 1. The van der Waals surface area contributed by atoms with Crippen LogP contribution in [0.2, 0.25) is 0 Å². The van der Waals surface area contributed by atoms with Gasteiger partial charge in [-0.15, -0.1) is 0 Å². The third-order valence-corrected chi connectivity index (χ3v) is 3.67. The Hall–Kier alpha value is -2.30. The lowest BCUT2D eigenvalue weighted by Crippen LogP contribution is -2.17. The van der Waals surface area contributed by atoms with Gasteiger partial charge in [-0.3, -0.25) is 9.89 Å². The third-order valence-electron chi connectivity index (χ3n) is 3.67. The van der Waals surface area contributed by atoms with Gasteiger partial charge in [0.15, 0.2) is 0 Å². The fraction of sp³-hybridized carbons (Fsp3) is 0.333. The number of rotatable bonds is 3. The van der Waals surface area contributed by atoms with Gasteiger partial charge in [-0.25, -0.2) is 0 Å². The van der Waals surface area contributed by atoms with E-state index in [1.165, 1.54) is 18.5 Å². The average molecular weight is 270 g/mol. The highest BCUT2D eigenvalue weighted by Gasteiger charge is 2.13. The van der Waals surface area contributed by atoms with Crippen molar-refractivity contribution in [2.24, 2.45) is 0 Å². The summed E-state index contributed by atoms with van der Waals surface area (Å²) >= 11 is 0. The van der Waals surface area contributed by atoms with Crippen LogP contribution in [0.4, 0.5) is 11.4 Å². The number of hydrogen-bond donors (Lipinski definition) is 2. The summed E-state index contributed by atoms with van der Waals surface area (Å²) in [5, 5.41) is 9.51. The fourth-order valence-corrected chi connectivity index (χ4v) is 2.51. The highest BCUT2D eigenvalue weighted by atomic mass is 16.1. The normalized spacial score (nSPS) is 14.6. The van der Waals surface area contributed by atoms with Crippen molar-refractivity contribution in [1.82, 2.24) is 10.2 Å². The van der Waals surface area contributed by atoms with Crippen molar-refractivity contribution in [3.8, 4) is 0 Å². The lowest BCUT2D eigenvalue weighted by Gasteiger charge is -2.17. The Labute approximate surface area is 118 Å². The minimum absolute atomic E-state index is 0.134. The molecule has 1 fully saturated rings. The molecule has 0 spiro atoms. The zero-order chi connectivity index (χ0) is 13.9. The maximum Gasteiger partial charge on any atom is 0.259 e. The first-order chi connectivity index (χ1) is 9.74. The van der Waals surface area contributed by atoms with E-state index in [-0.39, 0.29) is 5.91 Å². The van der Waals surface area contributed by atoms with Crippen LogP contribution in [0.1, 0.15) is 28.9 Å². The summed E-state index contributed by atoms with van der Waals surface area (Å²) in [5.74, 6) is -0.134. The molecule has 2 aromatic rings. The average Bonchev–Trinajstić information content (AvgIpc) is 3.10. The van der Waals surface area contributed by atoms with Gasteiger partial charge in [0.05, 0.1) is 11.8 Å². The summed E-state index contributed by atoms with van der Waals surface area (Å²) < 4.78 is 0. The molecule has 104 valence electrons. The smallest absolute Gasteiger partial charge is 0.259 e. The van der Waals surface area contributed by atoms with Crippen molar-refractivity contribution in [1.29, 1.82) is 0 Å². The molecule has 0 atom stereocenters. The van der Waals surface area contributed by atoms with Crippen molar-refractivity contribution >= 4 is 17.3 Å². The lowest BCUT2D eigenvalue weighted by atomic mass is 10.2. The minimum atomic E-state index is -0.134. The van der Waals surface area contributed by atoms with Crippen molar-refractivity contribution in [2.75, 3.05) is 23.3 Å². The van der Waals surface area contributed by atoms with Crippen LogP contribution in [0.25, 0.3) is 0 Å². The molecule has 1 amide bonds. The predicted molar refractivity (Wildman–Crippen MR) is 79.2 cm³/mol. The van der Waals surface area contributed by atoms with Gasteiger partial charge >= 0.3 is 0 Å². The Morgan fingerprint density at radius 1 is 1.25 bits per heavy atom. The molecule has 1 aliphatic heterocycles. The van der Waals surface area contributed by atoms with Gasteiger partial charge in [0, 0.05) is 30.2 Å². The second kappa shape index (κ2) is 5.36. The summed E-state index contributed by atoms with van der Waals surface area (Å²) in [6, 6.07) is 8.01. The molecule has 2 heterocycles. The molecule has 0 saturated carbocycles. The van der Waals surface area contributed by atoms with E-state index in [2.05, 4.69) is 32.5 Å². The zero-order valence-electron chi connectivity index (χ0n) is 11.5. The van der Waals surface area contributed by atoms with Gasteiger partial charge in [0.2, 0.25) is 0 Å². The first-order valence-corrected chi connectivity index (χ1v) is 6.90. The molecular weight excluding hydrogens is 252 g/mol. The molecule has 3 rings (SSSR count). The van der Waals surface area contributed by atoms with E-state index in [9.17, 15) is 4.79 Å². The number of aromatic nitrogens is 2. The first-order valence-electron chi connectivity index (χ1n) is 6.90. The van der Waals surface area contributed by atoms with Crippen LogP contribution in [0.15, 0.2) is 30.5 Å². The number of nitrogens with one attached hydrogen (secondary N) is 2. The van der Waals surface area contributed by atoms with E-state index < -0.39 is 0 Å². The summed E-state index contributed by atoms with van der Waals surface area (Å²) in [4.78, 5) is 14.4. The molecule has 1 aliphatic rings. The first kappa shape index (κ1) is 12.7. The molecule has 0 bridgehead atoms. The van der Waals surface area contributed by atoms with E-state index in [0.717, 1.165) is 24.5 Å². The maximum absolute atomic E-state index is 12.1. The maximum atomic E-state index is 12.1. The van der Waals surface area contributed by atoms with Gasteiger partial charge in [-0.2, -0.15) is 5.10 Å². The number of benzene rings is 1. The second-order valence-electron chi connectivity index (χ2n) is 5.10. The van der Waals surface area contributed by atoms with E-state index in [4.69, 9.17) is 0 Å². The molecule has 1 saturated heterocycles. The summed E-state index contributed by atoms with van der Waals surface area (Å²) in [6.07, 6.45) is 4.07. The molecule has 5 nitrogen and oxygen atoms in total. The molecule has 5 heteroatoms. The van der Waals surface area contributed by atoms with Crippen LogP contribution >= 0.6 is 0 Å². The molecule has 0 unspecified atom stereocenters. The molecule has 2 N–H and O–H groups in total. The quantitative estimate of drug-likeness (QED) is 0.901. The number of anilines is 2. The largest absolute Gasteiger partial charge is 0.372 e. The van der Waals surface area contributed by atoms with Crippen molar-refractivity contribution in [3.05, 3.63) is 41.7 Å². The van der Waals surface area contributed by atoms with Crippen molar-refractivity contribution in [2.45, 2.75) is 19.8 Å². The van der Waals surface area contributed by atoms with Crippen LogP contribution in [0.5, 0.6) is 0 Å². The Morgan fingerprint density at radius 2 is 1.95 bits per heavy atom. The van der Waals surface area contributed by atoms with E-state index in [1.807, 2.05) is 19.1 Å². The minimum Gasteiger partial charge on any atom is -0.372 e. The highest BCUT2D eigenvalue weighted by molar-refractivity contribution is 6.04. The Balaban J connectivity index is 1.69.